The molecule has 2 rings (SSSR count). The molecule has 1 heterocycles. The first-order valence-corrected chi connectivity index (χ1v) is 4.85. The zero-order valence-corrected chi connectivity index (χ0v) is 8.97. The Bertz CT molecular complexity index is 375. The summed E-state index contributed by atoms with van der Waals surface area (Å²) in [6.45, 7) is 2.01. The largest absolute Gasteiger partial charge is 0.357 e. The summed E-state index contributed by atoms with van der Waals surface area (Å²) in [6, 6.07) is 7.13. The van der Waals surface area contributed by atoms with Crippen molar-refractivity contribution >= 4 is 18.8 Å². The number of thiol groups is 1. The fourth-order valence-electron chi connectivity index (χ4n) is 1.28. The Morgan fingerprint density at radius 2 is 2.00 bits per heavy atom. The van der Waals surface area contributed by atoms with Gasteiger partial charge in [0.2, 0.25) is 0 Å². The van der Waals surface area contributed by atoms with Crippen molar-refractivity contribution in [2.45, 2.75) is 12.6 Å². The highest BCUT2D eigenvalue weighted by Gasteiger charge is 2.37. The smallest absolute Gasteiger partial charge is 0.356 e. The standard InChI is InChI=1S/C9H11N3O2S/c1-9(10-11-9)7-4-2-6(3-5-7)8(13)14-12-15/h2-5,10-12,15H,1H3. The average molecular weight is 225 g/mol. The van der Waals surface area contributed by atoms with Gasteiger partial charge in [-0.15, -0.1) is 0 Å². The maximum absolute atomic E-state index is 11.3. The van der Waals surface area contributed by atoms with Crippen molar-refractivity contribution < 1.29 is 9.63 Å². The molecule has 1 aliphatic heterocycles. The summed E-state index contributed by atoms with van der Waals surface area (Å²) in [6.07, 6.45) is 0. The molecule has 5 nitrogen and oxygen atoms in total. The Morgan fingerprint density at radius 3 is 2.47 bits per heavy atom. The first kappa shape index (κ1) is 10.4. The maximum atomic E-state index is 11.3. The molecular formula is C9H11N3O2S. The van der Waals surface area contributed by atoms with Gasteiger partial charge in [-0.3, -0.25) is 0 Å². The number of hydrogen-bond acceptors (Lipinski definition) is 6. The van der Waals surface area contributed by atoms with E-state index in [-0.39, 0.29) is 5.66 Å². The number of rotatable bonds is 3. The van der Waals surface area contributed by atoms with Crippen molar-refractivity contribution in [3.63, 3.8) is 0 Å². The minimum absolute atomic E-state index is 0.162. The van der Waals surface area contributed by atoms with Crippen molar-refractivity contribution in [3.05, 3.63) is 35.4 Å². The summed E-state index contributed by atoms with van der Waals surface area (Å²) in [7, 11) is 0. The van der Waals surface area contributed by atoms with E-state index in [0.717, 1.165) is 5.56 Å². The Labute approximate surface area is 92.7 Å². The highest BCUT2D eigenvalue weighted by atomic mass is 32.1. The van der Waals surface area contributed by atoms with E-state index >= 15 is 0 Å². The average Bonchev–Trinajstić information content (AvgIpc) is 2.99. The molecule has 80 valence electrons. The molecule has 1 fully saturated rings. The van der Waals surface area contributed by atoms with E-state index in [0.29, 0.717) is 5.56 Å². The lowest BCUT2D eigenvalue weighted by atomic mass is 10.0. The van der Waals surface area contributed by atoms with Crippen LogP contribution in [0, 0.1) is 0 Å². The first-order valence-electron chi connectivity index (χ1n) is 4.41. The number of carbonyl (C=O) groups excluding carboxylic acids is 1. The van der Waals surface area contributed by atoms with E-state index in [4.69, 9.17) is 0 Å². The van der Waals surface area contributed by atoms with Gasteiger partial charge >= 0.3 is 5.97 Å². The lowest BCUT2D eigenvalue weighted by molar-refractivity contribution is 0.0429. The van der Waals surface area contributed by atoms with Gasteiger partial charge in [-0.1, -0.05) is 29.8 Å². The third kappa shape index (κ3) is 2.13. The summed E-state index contributed by atoms with van der Waals surface area (Å²) < 4.78 is 0. The van der Waals surface area contributed by atoms with E-state index < -0.39 is 5.97 Å². The molecule has 0 radical (unpaired) electrons. The molecular weight excluding hydrogens is 214 g/mol. The van der Waals surface area contributed by atoms with E-state index in [2.05, 4.69) is 28.5 Å². The van der Waals surface area contributed by atoms with Crippen LogP contribution in [0.15, 0.2) is 24.3 Å². The third-order valence-corrected chi connectivity index (χ3v) is 2.43. The van der Waals surface area contributed by atoms with Crippen LogP contribution >= 0.6 is 12.8 Å². The lowest BCUT2D eigenvalue weighted by Gasteiger charge is -2.06. The van der Waals surface area contributed by atoms with Gasteiger partial charge in [0, 0.05) is 0 Å². The Kier molecular flexibility index (Phi) is 2.66. The summed E-state index contributed by atoms with van der Waals surface area (Å²) in [5, 5.41) is 0. The second-order valence-electron chi connectivity index (χ2n) is 3.43. The molecule has 0 amide bonds. The van der Waals surface area contributed by atoms with E-state index in [1.165, 1.54) is 0 Å². The van der Waals surface area contributed by atoms with Gasteiger partial charge in [0.15, 0.2) is 0 Å². The van der Waals surface area contributed by atoms with Crippen molar-refractivity contribution in [3.8, 4) is 0 Å². The van der Waals surface area contributed by atoms with Crippen molar-refractivity contribution in [2.24, 2.45) is 0 Å². The van der Waals surface area contributed by atoms with Crippen LogP contribution < -0.4 is 15.7 Å². The lowest BCUT2D eigenvalue weighted by Crippen LogP contribution is -2.12. The molecule has 6 heteroatoms. The molecule has 3 N–H and O–H groups in total. The van der Waals surface area contributed by atoms with Crippen LogP contribution in [0.2, 0.25) is 0 Å². The van der Waals surface area contributed by atoms with E-state index in [1.54, 1.807) is 12.1 Å². The molecule has 1 aliphatic rings. The number of benzene rings is 1. The fraction of sp³-hybridized carbons (Fsp3) is 0.222. The summed E-state index contributed by atoms with van der Waals surface area (Å²) in [5.41, 5.74) is 7.40. The maximum Gasteiger partial charge on any atom is 0.357 e. The van der Waals surface area contributed by atoms with Crippen LogP contribution in [-0.4, -0.2) is 5.97 Å². The highest BCUT2D eigenvalue weighted by Crippen LogP contribution is 2.24. The molecule has 1 aromatic rings. The zero-order chi connectivity index (χ0) is 10.9. The molecule has 0 spiro atoms. The minimum Gasteiger partial charge on any atom is -0.356 e. The minimum atomic E-state index is -0.460. The van der Waals surface area contributed by atoms with Crippen molar-refractivity contribution in [1.82, 2.24) is 15.7 Å². The Balaban J connectivity index is 2.13. The van der Waals surface area contributed by atoms with Gasteiger partial charge in [0.25, 0.3) is 0 Å². The van der Waals surface area contributed by atoms with Crippen LogP contribution in [0.25, 0.3) is 0 Å². The second-order valence-corrected chi connectivity index (χ2v) is 3.62. The molecule has 0 aromatic heterocycles. The van der Waals surface area contributed by atoms with Crippen molar-refractivity contribution in [1.29, 1.82) is 0 Å². The second kappa shape index (κ2) is 3.82. The summed E-state index contributed by atoms with van der Waals surface area (Å²) >= 11 is 3.57. The number of hydrazine groups is 1. The predicted octanol–water partition coefficient (Wildman–Crippen LogP) is 0.473. The quantitative estimate of drug-likeness (QED) is 0.341. The van der Waals surface area contributed by atoms with Gasteiger partial charge in [0.1, 0.15) is 5.66 Å². The summed E-state index contributed by atoms with van der Waals surface area (Å²) in [5.74, 6) is -0.460. The topological polar surface area (TPSA) is 82.2 Å². The molecule has 0 aliphatic carbocycles. The van der Waals surface area contributed by atoms with Gasteiger partial charge in [0.05, 0.1) is 5.56 Å². The van der Waals surface area contributed by atoms with Crippen LogP contribution in [0.1, 0.15) is 22.8 Å². The SMILES string of the molecule is CC1(c2ccc(C(=O)ONS)cc2)NN1. The molecule has 0 saturated carbocycles. The molecule has 0 atom stereocenters. The van der Waals surface area contributed by atoms with Crippen LogP contribution in [-0.2, 0) is 10.5 Å². The van der Waals surface area contributed by atoms with Crippen molar-refractivity contribution in [2.75, 3.05) is 0 Å². The fourth-order valence-corrected chi connectivity index (χ4v) is 1.36. The van der Waals surface area contributed by atoms with Gasteiger partial charge < -0.3 is 4.84 Å². The predicted molar refractivity (Wildman–Crippen MR) is 57.6 cm³/mol. The Morgan fingerprint density at radius 1 is 1.40 bits per heavy atom. The number of nitrogens with one attached hydrogen (secondary N) is 3. The normalized spacial score (nSPS) is 17.2. The number of hydrogen-bond donors (Lipinski definition) is 4. The van der Waals surface area contributed by atoms with Crippen LogP contribution in [0.3, 0.4) is 0 Å². The van der Waals surface area contributed by atoms with E-state index in [9.17, 15) is 4.79 Å². The number of carbonyl (C=O) groups is 1. The van der Waals surface area contributed by atoms with Gasteiger partial charge in [-0.05, 0) is 24.6 Å². The molecule has 1 saturated heterocycles. The molecule has 1 aromatic carbocycles. The van der Waals surface area contributed by atoms with E-state index in [1.807, 2.05) is 23.9 Å². The molecule has 15 heavy (non-hydrogen) atoms. The molecule has 0 bridgehead atoms. The van der Waals surface area contributed by atoms with Gasteiger partial charge in [-0.2, -0.15) is 0 Å². The van der Waals surface area contributed by atoms with Crippen LogP contribution in [0.4, 0.5) is 0 Å². The molecule has 0 unspecified atom stereocenters. The summed E-state index contributed by atoms with van der Waals surface area (Å²) in [4.78, 5) is 17.8. The van der Waals surface area contributed by atoms with Gasteiger partial charge in [-0.25, -0.2) is 15.6 Å². The zero-order valence-electron chi connectivity index (χ0n) is 8.07. The highest BCUT2D eigenvalue weighted by molar-refractivity contribution is 7.77. The monoisotopic (exact) mass is 225 g/mol. The first-order chi connectivity index (χ1) is 7.15. The third-order valence-electron chi connectivity index (χ3n) is 2.34. The van der Waals surface area contributed by atoms with Crippen LogP contribution in [0.5, 0.6) is 0 Å². The Hall–Kier alpha value is -1.08.